The summed E-state index contributed by atoms with van der Waals surface area (Å²) in [7, 11) is -2.34. The SMILES string of the molecule is CCN(CC)C(=O)Cc1cccc(NS(=O)(=O)c2cccc(OC)c2)n1. The zero-order chi connectivity index (χ0) is 19.2. The lowest BCUT2D eigenvalue weighted by Gasteiger charge is -2.18. The fourth-order valence-corrected chi connectivity index (χ4v) is 3.48. The molecule has 0 fully saturated rings. The van der Waals surface area contributed by atoms with Crippen LogP contribution in [0.4, 0.5) is 5.82 Å². The number of benzene rings is 1. The van der Waals surface area contributed by atoms with Gasteiger partial charge in [0.25, 0.3) is 10.0 Å². The zero-order valence-corrected chi connectivity index (χ0v) is 15.9. The summed E-state index contributed by atoms with van der Waals surface area (Å²) in [5.41, 5.74) is 0.507. The molecule has 0 spiro atoms. The van der Waals surface area contributed by atoms with E-state index in [1.54, 1.807) is 35.2 Å². The summed E-state index contributed by atoms with van der Waals surface area (Å²) in [5, 5.41) is 0. The third kappa shape index (κ3) is 4.95. The maximum absolute atomic E-state index is 12.5. The third-order valence-electron chi connectivity index (χ3n) is 3.85. The Hall–Kier alpha value is -2.61. The number of nitrogens with zero attached hydrogens (tertiary/aromatic N) is 2. The van der Waals surface area contributed by atoms with Crippen LogP contribution in [0.5, 0.6) is 5.75 Å². The second-order valence-corrected chi connectivity index (χ2v) is 7.22. The van der Waals surface area contributed by atoms with Gasteiger partial charge in [-0.25, -0.2) is 13.4 Å². The number of pyridine rings is 1. The molecule has 0 aliphatic heterocycles. The minimum atomic E-state index is -3.80. The number of amides is 1. The van der Waals surface area contributed by atoms with Crippen LogP contribution in [0.15, 0.2) is 47.4 Å². The van der Waals surface area contributed by atoms with Gasteiger partial charge >= 0.3 is 0 Å². The number of carbonyl (C=O) groups excluding carboxylic acids is 1. The van der Waals surface area contributed by atoms with Crippen molar-refractivity contribution in [2.45, 2.75) is 25.2 Å². The topological polar surface area (TPSA) is 88.6 Å². The van der Waals surface area contributed by atoms with Crippen LogP contribution in [0.2, 0.25) is 0 Å². The quantitative estimate of drug-likeness (QED) is 0.763. The molecule has 1 amide bonds. The van der Waals surface area contributed by atoms with Crippen molar-refractivity contribution >= 4 is 21.7 Å². The van der Waals surface area contributed by atoms with Crippen LogP contribution >= 0.6 is 0 Å². The second kappa shape index (κ2) is 8.66. The molecule has 1 N–H and O–H groups in total. The summed E-state index contributed by atoms with van der Waals surface area (Å²) >= 11 is 0. The van der Waals surface area contributed by atoms with E-state index < -0.39 is 10.0 Å². The first kappa shape index (κ1) is 19.7. The molecule has 1 aromatic carbocycles. The molecule has 140 valence electrons. The first-order valence-electron chi connectivity index (χ1n) is 8.30. The summed E-state index contributed by atoms with van der Waals surface area (Å²) in [5.74, 6) is 0.562. The van der Waals surface area contributed by atoms with Crippen LogP contribution in [-0.4, -0.2) is 44.4 Å². The predicted octanol–water partition coefficient (Wildman–Crippen LogP) is 2.30. The standard InChI is InChI=1S/C18H23N3O4S/c1-4-21(5-2)18(22)12-14-8-6-11-17(19-14)20-26(23,24)16-10-7-9-15(13-16)25-3/h6-11,13H,4-5,12H2,1-3H3,(H,19,20). The number of hydrogen-bond donors (Lipinski definition) is 1. The molecular weight excluding hydrogens is 354 g/mol. The van der Waals surface area contributed by atoms with Gasteiger partial charge in [0.05, 0.1) is 24.1 Å². The summed E-state index contributed by atoms with van der Waals surface area (Å²) in [6.07, 6.45) is 0.121. The molecule has 2 aromatic rings. The highest BCUT2D eigenvalue weighted by Gasteiger charge is 2.17. The Labute approximate surface area is 154 Å². The normalized spacial score (nSPS) is 11.0. The molecule has 26 heavy (non-hydrogen) atoms. The molecule has 2 rings (SSSR count). The van der Waals surface area contributed by atoms with E-state index >= 15 is 0 Å². The number of nitrogens with one attached hydrogen (secondary N) is 1. The monoisotopic (exact) mass is 377 g/mol. The number of carbonyl (C=O) groups is 1. The van der Waals surface area contributed by atoms with Crippen LogP contribution in [0.3, 0.4) is 0 Å². The predicted molar refractivity (Wildman–Crippen MR) is 99.7 cm³/mol. The molecule has 0 saturated carbocycles. The van der Waals surface area contributed by atoms with Crippen LogP contribution < -0.4 is 9.46 Å². The maximum Gasteiger partial charge on any atom is 0.263 e. The number of hydrogen-bond acceptors (Lipinski definition) is 5. The average molecular weight is 377 g/mol. The number of likely N-dealkylation sites (N-methyl/N-ethyl adjacent to an activating group) is 1. The molecule has 0 radical (unpaired) electrons. The molecule has 8 heteroatoms. The summed E-state index contributed by atoms with van der Waals surface area (Å²) in [4.78, 5) is 18.2. The van der Waals surface area contributed by atoms with E-state index in [1.807, 2.05) is 13.8 Å². The van der Waals surface area contributed by atoms with Gasteiger partial charge in [0.15, 0.2) is 0 Å². The van der Waals surface area contributed by atoms with Crippen molar-refractivity contribution < 1.29 is 17.9 Å². The Kier molecular flexibility index (Phi) is 6.57. The number of methoxy groups -OCH3 is 1. The van der Waals surface area contributed by atoms with Crippen LogP contribution in [-0.2, 0) is 21.2 Å². The van der Waals surface area contributed by atoms with E-state index in [4.69, 9.17) is 4.74 Å². The zero-order valence-electron chi connectivity index (χ0n) is 15.1. The Morgan fingerprint density at radius 1 is 1.15 bits per heavy atom. The molecule has 0 aliphatic rings. The minimum absolute atomic E-state index is 0.0460. The van der Waals surface area contributed by atoms with Gasteiger partial charge < -0.3 is 9.64 Å². The van der Waals surface area contributed by atoms with E-state index in [-0.39, 0.29) is 23.0 Å². The first-order valence-corrected chi connectivity index (χ1v) is 9.78. The lowest BCUT2D eigenvalue weighted by molar-refractivity contribution is -0.130. The molecule has 0 bridgehead atoms. The molecule has 0 aliphatic carbocycles. The molecule has 0 unspecified atom stereocenters. The maximum atomic E-state index is 12.5. The van der Waals surface area contributed by atoms with Gasteiger partial charge in [0, 0.05) is 19.2 Å². The Balaban J connectivity index is 2.18. The molecule has 0 atom stereocenters. The fraction of sp³-hybridized carbons (Fsp3) is 0.333. The van der Waals surface area contributed by atoms with Gasteiger partial charge in [0.2, 0.25) is 5.91 Å². The highest BCUT2D eigenvalue weighted by molar-refractivity contribution is 7.92. The average Bonchev–Trinajstić information content (AvgIpc) is 2.62. The van der Waals surface area contributed by atoms with Gasteiger partial charge in [-0.05, 0) is 38.1 Å². The highest BCUT2D eigenvalue weighted by Crippen LogP contribution is 2.19. The van der Waals surface area contributed by atoms with E-state index in [1.165, 1.54) is 19.2 Å². The number of sulfonamides is 1. The molecule has 1 aromatic heterocycles. The van der Waals surface area contributed by atoms with E-state index in [2.05, 4.69) is 9.71 Å². The Morgan fingerprint density at radius 3 is 2.50 bits per heavy atom. The summed E-state index contributed by atoms with van der Waals surface area (Å²) < 4.78 is 32.5. The second-order valence-electron chi connectivity index (χ2n) is 5.54. The smallest absolute Gasteiger partial charge is 0.263 e. The molecule has 1 heterocycles. The van der Waals surface area contributed by atoms with Crippen molar-refractivity contribution in [3.63, 3.8) is 0 Å². The lowest BCUT2D eigenvalue weighted by atomic mass is 10.2. The largest absolute Gasteiger partial charge is 0.497 e. The number of rotatable bonds is 8. The first-order chi connectivity index (χ1) is 12.4. The van der Waals surface area contributed by atoms with E-state index in [9.17, 15) is 13.2 Å². The van der Waals surface area contributed by atoms with Gasteiger partial charge in [0.1, 0.15) is 11.6 Å². The van der Waals surface area contributed by atoms with Gasteiger partial charge in [-0.15, -0.1) is 0 Å². The number of aromatic nitrogens is 1. The minimum Gasteiger partial charge on any atom is -0.497 e. The Bertz CT molecular complexity index is 864. The van der Waals surface area contributed by atoms with Crippen molar-refractivity contribution in [3.8, 4) is 5.75 Å². The van der Waals surface area contributed by atoms with E-state index in [0.717, 1.165) is 0 Å². The van der Waals surface area contributed by atoms with Gasteiger partial charge in [-0.3, -0.25) is 9.52 Å². The molecule has 7 nitrogen and oxygen atoms in total. The third-order valence-corrected chi connectivity index (χ3v) is 5.20. The summed E-state index contributed by atoms with van der Waals surface area (Å²) in [6, 6.07) is 11.1. The molecular formula is C18H23N3O4S. The van der Waals surface area contributed by atoms with E-state index in [0.29, 0.717) is 24.5 Å². The van der Waals surface area contributed by atoms with Crippen LogP contribution in [0.1, 0.15) is 19.5 Å². The van der Waals surface area contributed by atoms with Crippen molar-refractivity contribution in [2.24, 2.45) is 0 Å². The lowest BCUT2D eigenvalue weighted by Crippen LogP contribution is -2.32. The Morgan fingerprint density at radius 2 is 1.85 bits per heavy atom. The number of anilines is 1. The van der Waals surface area contributed by atoms with Crippen LogP contribution in [0.25, 0.3) is 0 Å². The van der Waals surface area contributed by atoms with Crippen molar-refractivity contribution in [1.82, 2.24) is 9.88 Å². The van der Waals surface area contributed by atoms with Gasteiger partial charge in [-0.1, -0.05) is 12.1 Å². The van der Waals surface area contributed by atoms with Crippen molar-refractivity contribution in [3.05, 3.63) is 48.2 Å². The van der Waals surface area contributed by atoms with Gasteiger partial charge in [-0.2, -0.15) is 0 Å². The molecule has 0 saturated heterocycles. The fourth-order valence-electron chi connectivity index (χ4n) is 2.44. The summed E-state index contributed by atoms with van der Waals surface area (Å²) in [6.45, 7) is 5.07. The van der Waals surface area contributed by atoms with Crippen molar-refractivity contribution in [1.29, 1.82) is 0 Å². The van der Waals surface area contributed by atoms with Crippen LogP contribution in [0, 0.1) is 0 Å². The highest BCUT2D eigenvalue weighted by atomic mass is 32.2. The number of ether oxygens (including phenoxy) is 1. The van der Waals surface area contributed by atoms with Crippen molar-refractivity contribution in [2.75, 3.05) is 24.9 Å².